The van der Waals surface area contributed by atoms with Gasteiger partial charge in [0.05, 0.1) is 52.9 Å². The molecule has 0 aliphatic carbocycles. The van der Waals surface area contributed by atoms with Crippen LogP contribution in [0.15, 0.2) is 84.0 Å². The van der Waals surface area contributed by atoms with Gasteiger partial charge in [-0.3, -0.25) is 9.59 Å². The number of ether oxygens (including phenoxy) is 4. The van der Waals surface area contributed by atoms with Gasteiger partial charge in [0.2, 0.25) is 17.8 Å². The van der Waals surface area contributed by atoms with E-state index in [2.05, 4.69) is 51.6 Å². The van der Waals surface area contributed by atoms with Crippen molar-refractivity contribution in [2.75, 3.05) is 95.0 Å². The third-order valence-electron chi connectivity index (χ3n) is 6.91. The first-order valence-electron chi connectivity index (χ1n) is 16.8. The molecule has 2 amide bonds. The minimum absolute atomic E-state index is 0.151. The number of amides is 2. The number of benzene rings is 3. The highest BCUT2D eigenvalue weighted by molar-refractivity contribution is 5.94. The van der Waals surface area contributed by atoms with E-state index in [1.54, 1.807) is 48.5 Å². The van der Waals surface area contributed by atoms with Crippen LogP contribution in [0.3, 0.4) is 0 Å². The van der Waals surface area contributed by atoms with E-state index in [0.717, 1.165) is 0 Å². The number of carbonyl (C=O) groups excluding carboxylic acids is 2. The van der Waals surface area contributed by atoms with Gasteiger partial charge in [0, 0.05) is 53.6 Å². The molecule has 17 nitrogen and oxygen atoms in total. The molecule has 18 heteroatoms. The highest BCUT2D eigenvalue weighted by Crippen LogP contribution is 2.19. The summed E-state index contributed by atoms with van der Waals surface area (Å²) in [5, 5.41) is 18.3. The molecule has 0 unspecified atom stereocenters. The van der Waals surface area contributed by atoms with Gasteiger partial charge in [0.15, 0.2) is 0 Å². The van der Waals surface area contributed by atoms with Gasteiger partial charge in [0.1, 0.15) is 5.82 Å². The Morgan fingerprint density at radius 3 is 1.62 bits per heavy atom. The first-order chi connectivity index (χ1) is 26.0. The van der Waals surface area contributed by atoms with Gasteiger partial charge in [-0.2, -0.15) is 15.0 Å². The van der Waals surface area contributed by atoms with Crippen molar-refractivity contribution in [3.63, 3.8) is 0 Å². The summed E-state index contributed by atoms with van der Waals surface area (Å²) in [6.45, 7) is 4.11. The monoisotopic (exact) mass is 731 g/mol. The number of carbonyl (C=O) groups is 2. The number of anilines is 5. The largest absolute Gasteiger partial charge is 0.379 e. The minimum Gasteiger partial charge on any atom is -0.379 e. The summed E-state index contributed by atoms with van der Waals surface area (Å²) >= 11 is 0. The summed E-state index contributed by atoms with van der Waals surface area (Å²) in [6.07, 6.45) is 0. The molecule has 0 saturated heterocycles. The van der Waals surface area contributed by atoms with Crippen molar-refractivity contribution in [3.05, 3.63) is 106 Å². The molecule has 0 aliphatic rings. The van der Waals surface area contributed by atoms with Gasteiger partial charge >= 0.3 is 0 Å². The molecule has 0 aliphatic heterocycles. The normalized spacial score (nSPS) is 10.6. The molecule has 0 saturated carbocycles. The topological polar surface area (TPSA) is 219 Å². The Bertz CT molecular complexity index is 1730. The standard InChI is InChI=1S/C35H42FN11O6/c36-28-8-12-30(13-9-28)43-35-45-33(40-16-20-52-23-22-50-18-14-38-31(48)26-4-2-1-3-5-26)44-34(46-35)42-29-10-6-27(7-11-29)32(49)39-15-19-51-24-25-53-21-17-41-47-37/h1-13H,14-25H2,(H,38,48)(H,39,49)(H3,40,42,43,44,45,46). The van der Waals surface area contributed by atoms with E-state index < -0.39 is 0 Å². The molecule has 1 aromatic heterocycles. The summed E-state index contributed by atoms with van der Waals surface area (Å²) in [5.41, 5.74) is 10.5. The van der Waals surface area contributed by atoms with Crippen LogP contribution in [0.5, 0.6) is 0 Å². The van der Waals surface area contributed by atoms with Gasteiger partial charge in [0.25, 0.3) is 11.8 Å². The Balaban J connectivity index is 1.19. The summed E-state index contributed by atoms with van der Waals surface area (Å²) in [4.78, 5) is 40.6. The number of nitrogens with one attached hydrogen (secondary N) is 5. The Morgan fingerprint density at radius 2 is 1.08 bits per heavy atom. The molecule has 0 bridgehead atoms. The van der Waals surface area contributed by atoms with E-state index in [4.69, 9.17) is 24.5 Å². The smallest absolute Gasteiger partial charge is 0.251 e. The van der Waals surface area contributed by atoms with Crippen molar-refractivity contribution in [2.45, 2.75) is 0 Å². The molecule has 53 heavy (non-hydrogen) atoms. The molecule has 4 rings (SSSR count). The quantitative estimate of drug-likeness (QED) is 0.0277. The maximum Gasteiger partial charge on any atom is 0.251 e. The minimum atomic E-state index is -0.372. The predicted molar refractivity (Wildman–Crippen MR) is 196 cm³/mol. The molecule has 0 spiro atoms. The summed E-state index contributed by atoms with van der Waals surface area (Å²) < 4.78 is 35.3. The molecule has 5 N–H and O–H groups in total. The van der Waals surface area contributed by atoms with Crippen LogP contribution in [-0.2, 0) is 18.9 Å². The van der Waals surface area contributed by atoms with Crippen LogP contribution < -0.4 is 26.6 Å². The van der Waals surface area contributed by atoms with Crippen LogP contribution in [0, 0.1) is 5.82 Å². The lowest BCUT2D eigenvalue weighted by atomic mass is 10.2. The molecular weight excluding hydrogens is 689 g/mol. The van der Waals surface area contributed by atoms with Crippen LogP contribution in [0.2, 0.25) is 0 Å². The molecule has 4 aromatic rings. The average molecular weight is 732 g/mol. The van der Waals surface area contributed by atoms with E-state index in [1.807, 2.05) is 18.2 Å². The molecular formula is C35H42FN11O6. The number of nitrogens with zero attached hydrogens (tertiary/aromatic N) is 6. The van der Waals surface area contributed by atoms with Crippen molar-refractivity contribution in [3.8, 4) is 0 Å². The van der Waals surface area contributed by atoms with Gasteiger partial charge < -0.3 is 45.5 Å². The van der Waals surface area contributed by atoms with Gasteiger partial charge in [-0.1, -0.05) is 23.3 Å². The van der Waals surface area contributed by atoms with Crippen molar-refractivity contribution in [2.24, 2.45) is 5.11 Å². The van der Waals surface area contributed by atoms with Crippen LogP contribution in [0.25, 0.3) is 10.4 Å². The second-order valence-corrected chi connectivity index (χ2v) is 10.8. The maximum absolute atomic E-state index is 13.5. The molecule has 0 fully saturated rings. The van der Waals surface area contributed by atoms with Crippen LogP contribution in [0.1, 0.15) is 20.7 Å². The van der Waals surface area contributed by atoms with Crippen molar-refractivity contribution in [1.82, 2.24) is 25.6 Å². The van der Waals surface area contributed by atoms with E-state index in [0.29, 0.717) is 95.0 Å². The number of hydrogen-bond donors (Lipinski definition) is 5. The maximum atomic E-state index is 13.5. The average Bonchev–Trinajstić information content (AvgIpc) is 3.17. The lowest BCUT2D eigenvalue weighted by molar-refractivity contribution is 0.0511. The highest BCUT2D eigenvalue weighted by atomic mass is 19.1. The summed E-state index contributed by atoms with van der Waals surface area (Å²) in [7, 11) is 0. The Kier molecular flexibility index (Phi) is 17.7. The zero-order valence-corrected chi connectivity index (χ0v) is 29.0. The van der Waals surface area contributed by atoms with Crippen LogP contribution in [-0.4, -0.2) is 106 Å². The van der Waals surface area contributed by atoms with E-state index >= 15 is 0 Å². The van der Waals surface area contributed by atoms with Gasteiger partial charge in [-0.25, -0.2) is 4.39 Å². The SMILES string of the molecule is [N-]=[N+]=NCCOCCOCCNC(=O)c1ccc(Nc2nc(NCCOCCOCCNC(=O)c3ccccc3)nc(Nc3ccc(F)cc3)n2)cc1. The zero-order valence-electron chi connectivity index (χ0n) is 29.0. The van der Waals surface area contributed by atoms with Crippen molar-refractivity contribution < 1.29 is 32.9 Å². The highest BCUT2D eigenvalue weighted by Gasteiger charge is 2.10. The van der Waals surface area contributed by atoms with E-state index in [-0.39, 0.29) is 42.0 Å². The Hall–Kier alpha value is -5.91. The number of azide groups is 1. The van der Waals surface area contributed by atoms with Gasteiger partial charge in [-0.05, 0) is 66.2 Å². The molecule has 280 valence electrons. The molecule has 0 radical (unpaired) electrons. The Labute approximate surface area is 305 Å². The van der Waals surface area contributed by atoms with Crippen molar-refractivity contribution in [1.29, 1.82) is 0 Å². The lowest BCUT2D eigenvalue weighted by Gasteiger charge is -2.12. The number of halogens is 1. The summed E-state index contributed by atoms with van der Waals surface area (Å²) in [5.74, 6) is -0.0892. The van der Waals surface area contributed by atoms with Gasteiger partial charge in [-0.15, -0.1) is 0 Å². The second-order valence-electron chi connectivity index (χ2n) is 10.8. The second kappa shape index (κ2) is 23.5. The van der Waals surface area contributed by atoms with E-state index in [9.17, 15) is 14.0 Å². The van der Waals surface area contributed by atoms with Crippen LogP contribution >= 0.6 is 0 Å². The lowest BCUT2D eigenvalue weighted by Crippen LogP contribution is -2.27. The fourth-order valence-corrected chi connectivity index (χ4v) is 4.36. The first-order valence-corrected chi connectivity index (χ1v) is 16.8. The van der Waals surface area contributed by atoms with E-state index in [1.165, 1.54) is 12.1 Å². The third kappa shape index (κ3) is 15.9. The predicted octanol–water partition coefficient (Wildman–Crippen LogP) is 4.45. The number of aromatic nitrogens is 3. The fourth-order valence-electron chi connectivity index (χ4n) is 4.36. The number of hydrogen-bond acceptors (Lipinski definition) is 13. The zero-order chi connectivity index (χ0) is 37.4. The third-order valence-corrected chi connectivity index (χ3v) is 6.91. The Morgan fingerprint density at radius 1 is 0.604 bits per heavy atom. The van der Waals surface area contributed by atoms with Crippen molar-refractivity contribution >= 4 is 41.0 Å². The molecule has 0 atom stereocenters. The molecule has 1 heterocycles. The van der Waals surface area contributed by atoms with Crippen LogP contribution in [0.4, 0.5) is 33.6 Å². The number of rotatable bonds is 25. The molecule has 3 aromatic carbocycles. The first kappa shape index (κ1) is 39.9. The summed E-state index contributed by atoms with van der Waals surface area (Å²) in [6, 6.07) is 21.5. The fraction of sp³-hybridized carbons (Fsp3) is 0.343.